The van der Waals surface area contributed by atoms with Crippen molar-refractivity contribution in [2.24, 2.45) is 5.92 Å². The molecule has 0 aliphatic carbocycles. The number of aromatic nitrogens is 1. The van der Waals surface area contributed by atoms with Crippen LogP contribution in [-0.4, -0.2) is 35.4 Å². The van der Waals surface area contributed by atoms with Crippen molar-refractivity contribution >= 4 is 44.1 Å². The van der Waals surface area contributed by atoms with Crippen LogP contribution in [0, 0.1) is 16.0 Å². The molecule has 0 radical (unpaired) electrons. The molecule has 1 fully saturated rings. The number of hydrogen-bond donors (Lipinski definition) is 2. The summed E-state index contributed by atoms with van der Waals surface area (Å²) in [4.78, 5) is 28.5. The van der Waals surface area contributed by atoms with Crippen LogP contribution in [0.15, 0.2) is 53.1 Å². The summed E-state index contributed by atoms with van der Waals surface area (Å²) in [5.41, 5.74) is 2.28. The third-order valence-corrected chi connectivity index (χ3v) is 5.62. The van der Waals surface area contributed by atoms with Gasteiger partial charge in [-0.05, 0) is 36.6 Å². The summed E-state index contributed by atoms with van der Waals surface area (Å²) in [7, 11) is 0. The Balaban J connectivity index is 1.40. The maximum Gasteiger partial charge on any atom is 0.270 e. The molecule has 3 aromatic rings. The van der Waals surface area contributed by atoms with E-state index in [1.807, 2.05) is 12.1 Å². The van der Waals surface area contributed by atoms with Gasteiger partial charge in [0.2, 0.25) is 0 Å². The third-order valence-electron chi connectivity index (χ3n) is 5.13. The molecule has 1 amide bonds. The van der Waals surface area contributed by atoms with Gasteiger partial charge in [-0.2, -0.15) is 0 Å². The van der Waals surface area contributed by atoms with E-state index in [0.29, 0.717) is 28.9 Å². The van der Waals surface area contributed by atoms with Crippen LogP contribution in [0.25, 0.3) is 10.9 Å². The van der Waals surface area contributed by atoms with Crippen molar-refractivity contribution in [3.63, 3.8) is 0 Å². The van der Waals surface area contributed by atoms with E-state index in [-0.39, 0.29) is 11.6 Å². The normalized spacial score (nSPS) is 16.5. The fourth-order valence-corrected chi connectivity index (χ4v) is 4.04. The van der Waals surface area contributed by atoms with Crippen LogP contribution in [0.1, 0.15) is 16.8 Å². The molecule has 7 nitrogen and oxygen atoms in total. The number of carbonyl (C=O) groups excluding carboxylic acids is 1. The first-order chi connectivity index (χ1) is 13.5. The summed E-state index contributed by atoms with van der Waals surface area (Å²) < 4.78 is 1.05. The molecule has 1 unspecified atom stereocenters. The summed E-state index contributed by atoms with van der Waals surface area (Å²) in [5.74, 6) is 0.148. The minimum absolute atomic E-state index is 0.0263. The number of nitrogens with zero attached hydrogens (tertiary/aromatic N) is 2. The van der Waals surface area contributed by atoms with Gasteiger partial charge in [0.1, 0.15) is 0 Å². The quantitative estimate of drug-likeness (QED) is 0.459. The molecular weight excluding hydrogens is 424 g/mol. The number of carbonyl (C=O) groups is 1. The van der Waals surface area contributed by atoms with Gasteiger partial charge in [-0.3, -0.25) is 14.9 Å². The van der Waals surface area contributed by atoms with Gasteiger partial charge in [-0.15, -0.1) is 0 Å². The predicted octanol–water partition coefficient (Wildman–Crippen LogP) is 4.09. The number of aromatic amines is 1. The van der Waals surface area contributed by atoms with E-state index in [2.05, 4.69) is 43.3 Å². The second-order valence-electron chi connectivity index (χ2n) is 6.98. The average Bonchev–Trinajstić information content (AvgIpc) is 3.32. The summed E-state index contributed by atoms with van der Waals surface area (Å²) in [6.07, 6.45) is 2.61. The molecule has 0 spiro atoms. The predicted molar refractivity (Wildman–Crippen MR) is 112 cm³/mol. The van der Waals surface area contributed by atoms with Crippen LogP contribution < -0.4 is 10.2 Å². The Labute approximate surface area is 170 Å². The standard InChI is InChI=1S/C20H19BrN4O3/c21-14-2-1-3-15(8-14)24-7-6-13(12-24)10-23-20(26)18-11-22-19-5-4-16(25(27)28)9-17(18)19/h1-5,8-9,11,13,22H,6-7,10,12H2,(H,23,26). The Kier molecular flexibility index (Phi) is 5.04. The van der Waals surface area contributed by atoms with E-state index in [1.165, 1.54) is 17.8 Å². The fourth-order valence-electron chi connectivity index (χ4n) is 3.65. The van der Waals surface area contributed by atoms with Gasteiger partial charge in [0.05, 0.1) is 10.5 Å². The van der Waals surface area contributed by atoms with E-state index in [0.717, 1.165) is 24.0 Å². The van der Waals surface area contributed by atoms with Crippen LogP contribution in [0.4, 0.5) is 11.4 Å². The molecule has 2 N–H and O–H groups in total. The van der Waals surface area contributed by atoms with E-state index >= 15 is 0 Å². The number of halogens is 1. The largest absolute Gasteiger partial charge is 0.371 e. The van der Waals surface area contributed by atoms with E-state index in [1.54, 1.807) is 12.3 Å². The zero-order chi connectivity index (χ0) is 19.7. The number of nitro benzene ring substituents is 1. The second kappa shape index (κ2) is 7.63. The zero-order valence-electron chi connectivity index (χ0n) is 15.0. The number of benzene rings is 2. The van der Waals surface area contributed by atoms with E-state index in [9.17, 15) is 14.9 Å². The Morgan fingerprint density at radius 3 is 2.96 bits per heavy atom. The first kappa shape index (κ1) is 18.5. The third kappa shape index (κ3) is 3.73. The summed E-state index contributed by atoms with van der Waals surface area (Å²) in [5, 5.41) is 14.6. The highest BCUT2D eigenvalue weighted by Crippen LogP contribution is 2.27. The monoisotopic (exact) mass is 442 g/mol. The van der Waals surface area contributed by atoms with Crippen molar-refractivity contribution in [2.45, 2.75) is 6.42 Å². The van der Waals surface area contributed by atoms with Crippen LogP contribution in [0.5, 0.6) is 0 Å². The van der Waals surface area contributed by atoms with Crippen LogP contribution in [-0.2, 0) is 0 Å². The van der Waals surface area contributed by atoms with Crippen LogP contribution >= 0.6 is 15.9 Å². The molecule has 2 aromatic carbocycles. The van der Waals surface area contributed by atoms with E-state index in [4.69, 9.17) is 0 Å². The highest BCUT2D eigenvalue weighted by atomic mass is 79.9. The molecule has 1 aliphatic rings. The van der Waals surface area contributed by atoms with Gasteiger partial charge in [0.15, 0.2) is 0 Å². The van der Waals surface area contributed by atoms with Gasteiger partial charge in [-0.25, -0.2) is 0 Å². The minimum atomic E-state index is -0.455. The Bertz CT molecular complexity index is 1050. The lowest BCUT2D eigenvalue weighted by molar-refractivity contribution is -0.384. The molecule has 1 aromatic heterocycles. The van der Waals surface area contributed by atoms with Gasteiger partial charge in [-0.1, -0.05) is 22.0 Å². The van der Waals surface area contributed by atoms with Crippen molar-refractivity contribution in [3.8, 4) is 0 Å². The van der Waals surface area contributed by atoms with Gasteiger partial charge in [0.25, 0.3) is 11.6 Å². The summed E-state index contributed by atoms with van der Waals surface area (Å²) >= 11 is 3.50. The van der Waals surface area contributed by atoms with Crippen molar-refractivity contribution in [1.82, 2.24) is 10.3 Å². The first-order valence-electron chi connectivity index (χ1n) is 9.05. The molecule has 0 saturated carbocycles. The Morgan fingerprint density at radius 1 is 1.32 bits per heavy atom. The second-order valence-corrected chi connectivity index (χ2v) is 7.90. The zero-order valence-corrected chi connectivity index (χ0v) is 16.6. The maximum atomic E-state index is 12.6. The minimum Gasteiger partial charge on any atom is -0.371 e. The molecule has 28 heavy (non-hydrogen) atoms. The summed E-state index contributed by atoms with van der Waals surface area (Å²) in [6, 6.07) is 12.7. The molecule has 8 heteroatoms. The molecule has 144 valence electrons. The number of non-ortho nitro benzene ring substituents is 1. The topological polar surface area (TPSA) is 91.3 Å². The highest BCUT2D eigenvalue weighted by molar-refractivity contribution is 9.10. The molecule has 1 saturated heterocycles. The Morgan fingerprint density at radius 2 is 2.18 bits per heavy atom. The number of nitro groups is 1. The maximum absolute atomic E-state index is 12.6. The molecular formula is C20H19BrN4O3. The number of fused-ring (bicyclic) bond motifs is 1. The van der Waals surface area contributed by atoms with Crippen molar-refractivity contribution in [2.75, 3.05) is 24.5 Å². The molecule has 4 rings (SSSR count). The lowest BCUT2D eigenvalue weighted by Crippen LogP contribution is -2.30. The van der Waals surface area contributed by atoms with Gasteiger partial charge < -0.3 is 15.2 Å². The SMILES string of the molecule is O=C(NCC1CCN(c2cccc(Br)c2)C1)c1c[nH]c2ccc([N+](=O)[O-])cc12. The van der Waals surface area contributed by atoms with Gasteiger partial charge >= 0.3 is 0 Å². The van der Waals surface area contributed by atoms with E-state index < -0.39 is 4.92 Å². The number of rotatable bonds is 5. The highest BCUT2D eigenvalue weighted by Gasteiger charge is 2.24. The molecule has 1 atom stereocenters. The summed E-state index contributed by atoms with van der Waals surface area (Å²) in [6.45, 7) is 2.41. The fraction of sp³-hybridized carbons (Fsp3) is 0.250. The molecule has 2 heterocycles. The molecule has 0 bridgehead atoms. The molecule has 1 aliphatic heterocycles. The average molecular weight is 443 g/mol. The number of anilines is 1. The van der Waals surface area contributed by atoms with Crippen molar-refractivity contribution < 1.29 is 9.72 Å². The van der Waals surface area contributed by atoms with Crippen LogP contribution in [0.3, 0.4) is 0 Å². The lowest BCUT2D eigenvalue weighted by atomic mass is 10.1. The number of H-pyrrole nitrogens is 1. The number of hydrogen-bond acceptors (Lipinski definition) is 4. The Hall–Kier alpha value is -2.87. The van der Waals surface area contributed by atoms with Crippen molar-refractivity contribution in [1.29, 1.82) is 0 Å². The smallest absolute Gasteiger partial charge is 0.270 e. The lowest BCUT2D eigenvalue weighted by Gasteiger charge is -2.19. The number of nitrogens with one attached hydrogen (secondary N) is 2. The van der Waals surface area contributed by atoms with Crippen LogP contribution in [0.2, 0.25) is 0 Å². The first-order valence-corrected chi connectivity index (χ1v) is 9.85. The van der Waals surface area contributed by atoms with Gasteiger partial charge in [0, 0.05) is 59.0 Å². The number of amides is 1. The van der Waals surface area contributed by atoms with Crippen molar-refractivity contribution in [3.05, 3.63) is 68.8 Å².